The fourth-order valence-corrected chi connectivity index (χ4v) is 4.38. The summed E-state index contributed by atoms with van der Waals surface area (Å²) in [6.07, 6.45) is 2.22. The first-order chi connectivity index (χ1) is 13.0. The molecule has 0 aromatic heterocycles. The Balaban J connectivity index is 1.57. The van der Waals surface area contributed by atoms with Gasteiger partial charge in [-0.1, -0.05) is 33.6 Å². The van der Waals surface area contributed by atoms with Crippen LogP contribution in [-0.2, 0) is 15.1 Å². The molecule has 0 fully saturated rings. The Morgan fingerprint density at radius 1 is 1.22 bits per heavy atom. The third-order valence-electron chi connectivity index (χ3n) is 4.86. The first-order valence-electron chi connectivity index (χ1n) is 8.74. The van der Waals surface area contributed by atoms with Gasteiger partial charge in [-0.05, 0) is 43.3 Å². The Kier molecular flexibility index (Phi) is 4.70. The van der Waals surface area contributed by atoms with Gasteiger partial charge in [0.2, 0.25) is 0 Å². The molecule has 2 aliphatic rings. The number of amides is 1. The maximum atomic E-state index is 12.9. The van der Waals surface area contributed by atoms with Crippen LogP contribution in [0.5, 0.6) is 11.5 Å². The molecule has 2 atom stereocenters. The van der Waals surface area contributed by atoms with Gasteiger partial charge in [-0.15, -0.1) is 0 Å². The number of methoxy groups -OCH3 is 1. The average molecular weight is 430 g/mol. The van der Waals surface area contributed by atoms with E-state index in [2.05, 4.69) is 21.2 Å². The summed E-state index contributed by atoms with van der Waals surface area (Å²) in [7, 11) is 1.63. The molecule has 2 heterocycles. The van der Waals surface area contributed by atoms with Crippen molar-refractivity contribution in [1.82, 2.24) is 0 Å². The quantitative estimate of drug-likeness (QED) is 0.730. The van der Waals surface area contributed by atoms with Crippen molar-refractivity contribution in [3.05, 3.63) is 64.1 Å². The lowest BCUT2D eigenvalue weighted by Gasteiger charge is -2.36. The van der Waals surface area contributed by atoms with Crippen LogP contribution in [0.1, 0.15) is 18.9 Å². The summed E-state index contributed by atoms with van der Waals surface area (Å²) in [6.45, 7) is 2.34. The van der Waals surface area contributed by atoms with E-state index < -0.39 is 5.60 Å². The monoisotopic (exact) mass is 429 g/mol. The number of nitrogens with one attached hydrogen (secondary N) is 1. The van der Waals surface area contributed by atoms with E-state index in [-0.39, 0.29) is 12.0 Å². The number of anilines is 1. The molecular formula is C21H20BrNO4. The third-order valence-corrected chi connectivity index (χ3v) is 5.52. The molecule has 0 saturated heterocycles. The molecule has 2 aromatic carbocycles. The predicted molar refractivity (Wildman–Crippen MR) is 106 cm³/mol. The summed E-state index contributed by atoms with van der Waals surface area (Å²) in [5.41, 5.74) is 1.72. The van der Waals surface area contributed by atoms with Crippen molar-refractivity contribution in [3.63, 3.8) is 0 Å². The van der Waals surface area contributed by atoms with E-state index in [1.165, 1.54) is 0 Å². The van der Waals surface area contributed by atoms with E-state index in [1.807, 2.05) is 55.5 Å². The van der Waals surface area contributed by atoms with E-state index in [1.54, 1.807) is 7.11 Å². The molecular weight excluding hydrogens is 410 g/mol. The van der Waals surface area contributed by atoms with E-state index in [0.717, 1.165) is 32.8 Å². The lowest BCUT2D eigenvalue weighted by atomic mass is 9.85. The van der Waals surface area contributed by atoms with Gasteiger partial charge in [0.25, 0.3) is 5.91 Å². The highest BCUT2D eigenvalue weighted by Gasteiger charge is 2.52. The molecule has 1 N–H and O–H groups in total. The Morgan fingerprint density at radius 3 is 2.70 bits per heavy atom. The van der Waals surface area contributed by atoms with Gasteiger partial charge in [-0.2, -0.15) is 0 Å². The van der Waals surface area contributed by atoms with Crippen molar-refractivity contribution in [1.29, 1.82) is 0 Å². The minimum absolute atomic E-state index is 0.133. The minimum Gasteiger partial charge on any atom is -0.497 e. The van der Waals surface area contributed by atoms with Crippen LogP contribution in [0, 0.1) is 0 Å². The standard InChI is InChI=1S/C21H20BrNO4/c1-13-10-16(12-26-15-8-6-14(25-2)7-9-15)27-21(11-13)19-17(22)4-3-5-18(19)23-20(21)24/h3-10,16H,11-12H2,1-2H3,(H,23,24)/t16-,21+/m0/s1. The maximum absolute atomic E-state index is 12.9. The molecule has 0 radical (unpaired) electrons. The molecule has 0 bridgehead atoms. The summed E-state index contributed by atoms with van der Waals surface area (Å²) in [4.78, 5) is 12.9. The Hall–Kier alpha value is -2.31. The Labute approximate surface area is 166 Å². The van der Waals surface area contributed by atoms with Crippen LogP contribution >= 0.6 is 15.9 Å². The smallest absolute Gasteiger partial charge is 0.261 e. The van der Waals surface area contributed by atoms with Gasteiger partial charge >= 0.3 is 0 Å². The lowest BCUT2D eigenvalue weighted by molar-refractivity contribution is -0.151. The third kappa shape index (κ3) is 3.24. The number of carbonyl (C=O) groups is 1. The van der Waals surface area contributed by atoms with Crippen molar-refractivity contribution >= 4 is 27.5 Å². The second kappa shape index (κ2) is 7.02. The van der Waals surface area contributed by atoms with Crippen LogP contribution in [-0.4, -0.2) is 25.7 Å². The molecule has 6 heteroatoms. The van der Waals surface area contributed by atoms with E-state index in [9.17, 15) is 4.79 Å². The van der Waals surface area contributed by atoms with Crippen LogP contribution in [0.4, 0.5) is 5.69 Å². The van der Waals surface area contributed by atoms with E-state index in [0.29, 0.717) is 13.0 Å². The summed E-state index contributed by atoms with van der Waals surface area (Å²) in [6, 6.07) is 13.1. The highest BCUT2D eigenvalue weighted by molar-refractivity contribution is 9.10. The van der Waals surface area contributed by atoms with Crippen molar-refractivity contribution in [2.75, 3.05) is 19.0 Å². The molecule has 0 saturated carbocycles. The number of fused-ring (bicyclic) bond motifs is 2. The Morgan fingerprint density at radius 2 is 1.96 bits per heavy atom. The average Bonchev–Trinajstić information content (AvgIpc) is 2.92. The highest BCUT2D eigenvalue weighted by atomic mass is 79.9. The van der Waals surface area contributed by atoms with Gasteiger partial charge in [0.15, 0.2) is 5.60 Å². The van der Waals surface area contributed by atoms with Crippen molar-refractivity contribution < 1.29 is 19.0 Å². The van der Waals surface area contributed by atoms with Crippen LogP contribution in [0.2, 0.25) is 0 Å². The van der Waals surface area contributed by atoms with Gasteiger partial charge in [-0.25, -0.2) is 0 Å². The van der Waals surface area contributed by atoms with Gasteiger partial charge in [-0.3, -0.25) is 4.79 Å². The molecule has 2 aliphatic heterocycles. The number of rotatable bonds is 4. The van der Waals surface area contributed by atoms with Crippen molar-refractivity contribution in [2.45, 2.75) is 25.0 Å². The van der Waals surface area contributed by atoms with E-state index in [4.69, 9.17) is 14.2 Å². The molecule has 1 amide bonds. The normalized spacial score (nSPS) is 23.6. The van der Waals surface area contributed by atoms with Gasteiger partial charge in [0.1, 0.15) is 24.2 Å². The number of hydrogen-bond donors (Lipinski definition) is 1. The van der Waals surface area contributed by atoms with Crippen LogP contribution in [0.15, 0.2) is 58.6 Å². The van der Waals surface area contributed by atoms with Crippen molar-refractivity contribution in [3.8, 4) is 11.5 Å². The summed E-state index contributed by atoms with van der Waals surface area (Å²) < 4.78 is 18.2. The lowest BCUT2D eigenvalue weighted by Crippen LogP contribution is -2.44. The number of carbonyl (C=O) groups excluding carboxylic acids is 1. The molecule has 5 nitrogen and oxygen atoms in total. The zero-order valence-corrected chi connectivity index (χ0v) is 16.7. The van der Waals surface area contributed by atoms with Crippen molar-refractivity contribution in [2.24, 2.45) is 0 Å². The Bertz CT molecular complexity index is 909. The van der Waals surface area contributed by atoms with Crippen LogP contribution in [0.25, 0.3) is 0 Å². The van der Waals surface area contributed by atoms with E-state index >= 15 is 0 Å². The van der Waals surface area contributed by atoms with Gasteiger partial charge in [0, 0.05) is 22.1 Å². The summed E-state index contributed by atoms with van der Waals surface area (Å²) in [5.74, 6) is 1.36. The zero-order chi connectivity index (χ0) is 19.0. The molecule has 1 spiro atoms. The molecule has 2 aromatic rings. The number of ether oxygens (including phenoxy) is 3. The predicted octanol–water partition coefficient (Wildman–Crippen LogP) is 4.42. The maximum Gasteiger partial charge on any atom is 0.261 e. The number of hydrogen-bond acceptors (Lipinski definition) is 4. The first-order valence-corrected chi connectivity index (χ1v) is 9.53. The second-order valence-corrected chi connectivity index (χ2v) is 7.63. The molecule has 0 unspecified atom stereocenters. The number of benzene rings is 2. The molecule has 27 heavy (non-hydrogen) atoms. The zero-order valence-electron chi connectivity index (χ0n) is 15.1. The van der Waals surface area contributed by atoms with Crippen LogP contribution in [0.3, 0.4) is 0 Å². The molecule has 140 valence electrons. The minimum atomic E-state index is -1.03. The highest BCUT2D eigenvalue weighted by Crippen LogP contribution is 2.48. The topological polar surface area (TPSA) is 56.8 Å². The second-order valence-electron chi connectivity index (χ2n) is 6.78. The van der Waals surface area contributed by atoms with Gasteiger partial charge < -0.3 is 19.5 Å². The first kappa shape index (κ1) is 18.1. The number of halogens is 1. The van der Waals surface area contributed by atoms with Gasteiger partial charge in [0.05, 0.1) is 7.11 Å². The fraction of sp³-hybridized carbons (Fsp3) is 0.286. The summed E-state index contributed by atoms with van der Waals surface area (Å²) in [5, 5.41) is 2.95. The molecule has 4 rings (SSSR count). The molecule has 0 aliphatic carbocycles. The summed E-state index contributed by atoms with van der Waals surface area (Å²) >= 11 is 3.58. The fourth-order valence-electron chi connectivity index (χ4n) is 3.69. The van der Waals surface area contributed by atoms with Crippen LogP contribution < -0.4 is 14.8 Å². The largest absolute Gasteiger partial charge is 0.497 e. The SMILES string of the molecule is COc1ccc(OC[C@@H]2C=C(C)C[C@]3(O2)C(=O)Nc2cccc(Br)c23)cc1.